The van der Waals surface area contributed by atoms with Crippen LogP contribution in [0, 0.1) is 0 Å². The van der Waals surface area contributed by atoms with Gasteiger partial charge in [-0.2, -0.15) is 0 Å². The molecule has 0 saturated heterocycles. The van der Waals surface area contributed by atoms with Gasteiger partial charge in [0, 0.05) is 19.5 Å². The smallest absolute Gasteiger partial charge is 0.222 e. The van der Waals surface area contributed by atoms with Crippen LogP contribution in [-0.2, 0) is 11.3 Å². The van der Waals surface area contributed by atoms with Gasteiger partial charge in [0.25, 0.3) is 0 Å². The van der Waals surface area contributed by atoms with Crippen molar-refractivity contribution in [1.29, 1.82) is 0 Å². The second kappa shape index (κ2) is 6.55. The maximum absolute atomic E-state index is 12.0. The Morgan fingerprint density at radius 1 is 1.28 bits per heavy atom. The first kappa shape index (κ1) is 14.7. The Morgan fingerprint density at radius 3 is 2.39 bits per heavy atom. The number of hydrogen-bond acceptors (Lipinski definition) is 2. The summed E-state index contributed by atoms with van der Waals surface area (Å²) in [6.45, 7) is 6.36. The molecule has 3 nitrogen and oxygen atoms in total. The number of nitrogens with zero attached hydrogens (tertiary/aromatic N) is 1. The van der Waals surface area contributed by atoms with E-state index in [1.54, 1.807) is 18.7 Å². The third-order valence-electron chi connectivity index (χ3n) is 2.61. The quantitative estimate of drug-likeness (QED) is 0.842. The van der Waals surface area contributed by atoms with Crippen molar-refractivity contribution in [3.05, 3.63) is 35.9 Å². The molecule has 18 heavy (non-hydrogen) atoms. The molecule has 1 aromatic rings. The van der Waals surface area contributed by atoms with E-state index < -0.39 is 5.60 Å². The summed E-state index contributed by atoms with van der Waals surface area (Å²) < 4.78 is 0. The van der Waals surface area contributed by atoms with Crippen LogP contribution in [0.4, 0.5) is 0 Å². The van der Waals surface area contributed by atoms with Crippen LogP contribution in [0.1, 0.15) is 39.2 Å². The van der Waals surface area contributed by atoms with Gasteiger partial charge < -0.3 is 10.0 Å². The molecule has 1 N–H and O–H groups in total. The molecule has 0 aliphatic carbocycles. The first-order valence-corrected chi connectivity index (χ1v) is 6.46. The second-order valence-electron chi connectivity index (χ2n) is 5.30. The summed E-state index contributed by atoms with van der Waals surface area (Å²) in [6, 6.07) is 9.87. The zero-order valence-corrected chi connectivity index (χ0v) is 11.5. The summed E-state index contributed by atoms with van der Waals surface area (Å²) in [7, 11) is 0. The lowest BCUT2D eigenvalue weighted by Gasteiger charge is -2.29. The molecule has 0 saturated carbocycles. The minimum Gasteiger partial charge on any atom is -0.389 e. The van der Waals surface area contributed by atoms with Crippen LogP contribution in [0.3, 0.4) is 0 Å². The molecular formula is C15H23NO2. The Bertz CT molecular complexity index is 368. The van der Waals surface area contributed by atoms with E-state index in [1.165, 1.54) is 0 Å². The molecule has 0 bridgehead atoms. The van der Waals surface area contributed by atoms with Crippen LogP contribution >= 0.6 is 0 Å². The molecule has 0 heterocycles. The predicted molar refractivity (Wildman–Crippen MR) is 73.1 cm³/mol. The summed E-state index contributed by atoms with van der Waals surface area (Å²) in [5.41, 5.74) is 0.226. The molecule has 0 atom stereocenters. The van der Waals surface area contributed by atoms with Crippen molar-refractivity contribution in [2.75, 3.05) is 6.54 Å². The monoisotopic (exact) mass is 249 g/mol. The lowest BCUT2D eigenvalue weighted by atomic mass is 10.1. The molecule has 0 spiro atoms. The predicted octanol–water partition coefficient (Wildman–Crippen LogP) is 2.59. The van der Waals surface area contributed by atoms with Crippen LogP contribution in [0.25, 0.3) is 0 Å². The standard InChI is InChI=1S/C15H23NO2/c1-4-8-14(17)16(12-15(2,3)18)11-13-9-6-5-7-10-13/h5-7,9-10,18H,4,8,11-12H2,1-3H3. The fraction of sp³-hybridized carbons (Fsp3) is 0.533. The van der Waals surface area contributed by atoms with Gasteiger partial charge in [-0.25, -0.2) is 0 Å². The molecule has 0 fully saturated rings. The van der Waals surface area contributed by atoms with Crippen molar-refractivity contribution in [2.24, 2.45) is 0 Å². The lowest BCUT2D eigenvalue weighted by Crippen LogP contribution is -2.41. The highest BCUT2D eigenvalue weighted by atomic mass is 16.3. The molecule has 0 aliphatic heterocycles. The van der Waals surface area contributed by atoms with Crippen molar-refractivity contribution in [1.82, 2.24) is 4.90 Å². The normalized spacial score (nSPS) is 11.3. The third kappa shape index (κ3) is 5.32. The van der Waals surface area contributed by atoms with Gasteiger partial charge >= 0.3 is 0 Å². The maximum atomic E-state index is 12.0. The summed E-state index contributed by atoms with van der Waals surface area (Å²) in [5, 5.41) is 9.89. The summed E-state index contributed by atoms with van der Waals surface area (Å²) in [5.74, 6) is 0.100. The Hall–Kier alpha value is -1.35. The molecule has 1 rings (SSSR count). The summed E-state index contributed by atoms with van der Waals surface area (Å²) in [6.07, 6.45) is 1.36. The van der Waals surface area contributed by atoms with E-state index in [0.717, 1.165) is 12.0 Å². The van der Waals surface area contributed by atoms with Gasteiger partial charge in [-0.3, -0.25) is 4.79 Å². The minimum atomic E-state index is -0.863. The van der Waals surface area contributed by atoms with Gasteiger partial charge in [0.15, 0.2) is 0 Å². The van der Waals surface area contributed by atoms with E-state index in [2.05, 4.69) is 0 Å². The average molecular weight is 249 g/mol. The highest BCUT2D eigenvalue weighted by Crippen LogP contribution is 2.12. The molecule has 0 radical (unpaired) electrons. The van der Waals surface area contributed by atoms with Crippen molar-refractivity contribution in [3.63, 3.8) is 0 Å². The number of rotatable bonds is 6. The van der Waals surface area contributed by atoms with Gasteiger partial charge in [-0.1, -0.05) is 37.3 Å². The molecule has 0 aliphatic rings. The van der Waals surface area contributed by atoms with Gasteiger partial charge in [0.1, 0.15) is 0 Å². The number of carbonyl (C=O) groups excluding carboxylic acids is 1. The highest BCUT2D eigenvalue weighted by Gasteiger charge is 2.21. The summed E-state index contributed by atoms with van der Waals surface area (Å²) >= 11 is 0. The molecule has 3 heteroatoms. The molecular weight excluding hydrogens is 226 g/mol. The SMILES string of the molecule is CCCC(=O)N(Cc1ccccc1)CC(C)(C)O. The zero-order chi connectivity index (χ0) is 13.6. The Labute approximate surface area is 109 Å². The van der Waals surface area contributed by atoms with Gasteiger partial charge in [-0.05, 0) is 25.8 Å². The van der Waals surface area contributed by atoms with Crippen molar-refractivity contribution < 1.29 is 9.90 Å². The highest BCUT2D eigenvalue weighted by molar-refractivity contribution is 5.76. The second-order valence-corrected chi connectivity index (χ2v) is 5.30. The van der Waals surface area contributed by atoms with E-state index in [0.29, 0.717) is 19.5 Å². The fourth-order valence-electron chi connectivity index (χ4n) is 1.88. The number of amides is 1. The van der Waals surface area contributed by atoms with Crippen LogP contribution in [0.15, 0.2) is 30.3 Å². The maximum Gasteiger partial charge on any atom is 0.222 e. The largest absolute Gasteiger partial charge is 0.389 e. The first-order valence-electron chi connectivity index (χ1n) is 6.46. The Balaban J connectivity index is 2.74. The lowest BCUT2D eigenvalue weighted by molar-refractivity contribution is -0.134. The van der Waals surface area contributed by atoms with Crippen LogP contribution in [0.5, 0.6) is 0 Å². The molecule has 1 aromatic carbocycles. The third-order valence-corrected chi connectivity index (χ3v) is 2.61. The molecule has 100 valence electrons. The number of aliphatic hydroxyl groups is 1. The fourth-order valence-corrected chi connectivity index (χ4v) is 1.88. The van der Waals surface area contributed by atoms with Crippen LogP contribution in [0.2, 0.25) is 0 Å². The minimum absolute atomic E-state index is 0.100. The first-order chi connectivity index (χ1) is 8.42. The molecule has 0 unspecified atom stereocenters. The van der Waals surface area contributed by atoms with E-state index in [1.807, 2.05) is 37.3 Å². The van der Waals surface area contributed by atoms with Crippen molar-refractivity contribution in [3.8, 4) is 0 Å². The number of benzene rings is 1. The Kier molecular flexibility index (Phi) is 5.35. The topological polar surface area (TPSA) is 40.5 Å². The van der Waals surface area contributed by atoms with E-state index in [9.17, 15) is 9.90 Å². The molecule has 0 aromatic heterocycles. The van der Waals surface area contributed by atoms with Gasteiger partial charge in [0.05, 0.1) is 5.60 Å². The van der Waals surface area contributed by atoms with Gasteiger partial charge in [-0.15, -0.1) is 0 Å². The zero-order valence-electron chi connectivity index (χ0n) is 11.5. The van der Waals surface area contributed by atoms with Crippen LogP contribution < -0.4 is 0 Å². The van der Waals surface area contributed by atoms with E-state index in [-0.39, 0.29) is 5.91 Å². The molecule has 1 amide bonds. The van der Waals surface area contributed by atoms with Crippen LogP contribution in [-0.4, -0.2) is 28.1 Å². The van der Waals surface area contributed by atoms with Crippen molar-refractivity contribution >= 4 is 5.91 Å². The Morgan fingerprint density at radius 2 is 1.89 bits per heavy atom. The van der Waals surface area contributed by atoms with Crippen molar-refractivity contribution in [2.45, 2.75) is 45.8 Å². The summed E-state index contributed by atoms with van der Waals surface area (Å²) in [4.78, 5) is 13.8. The number of hydrogen-bond donors (Lipinski definition) is 1. The number of carbonyl (C=O) groups is 1. The van der Waals surface area contributed by atoms with E-state index >= 15 is 0 Å². The van der Waals surface area contributed by atoms with Gasteiger partial charge in [0.2, 0.25) is 5.91 Å². The van der Waals surface area contributed by atoms with E-state index in [4.69, 9.17) is 0 Å². The average Bonchev–Trinajstić information content (AvgIpc) is 2.28.